The summed E-state index contributed by atoms with van der Waals surface area (Å²) in [5.41, 5.74) is 6.15. The van der Waals surface area contributed by atoms with Gasteiger partial charge in [0.25, 0.3) is 5.82 Å². The van der Waals surface area contributed by atoms with Gasteiger partial charge in [0.1, 0.15) is 18.1 Å². The van der Waals surface area contributed by atoms with E-state index < -0.39 is 0 Å². The molecule has 140 valence electrons. The van der Waals surface area contributed by atoms with Crippen molar-refractivity contribution in [2.75, 3.05) is 0 Å². The monoisotopic (exact) mass is 375 g/mol. The summed E-state index contributed by atoms with van der Waals surface area (Å²) in [6.45, 7) is 2.18. The van der Waals surface area contributed by atoms with Gasteiger partial charge in [0.05, 0.1) is 12.6 Å². The molecule has 5 aromatic rings. The molecule has 5 rings (SSSR count). The van der Waals surface area contributed by atoms with Crippen molar-refractivity contribution in [2.24, 2.45) is 7.05 Å². The molecule has 1 heterocycles. The SMILES string of the molecule is Cc1ccc(-c2ccc3ccccc3c2)cc1-c1n(-c2ccccc2)cc[n+]1C. The largest absolute Gasteiger partial charge is 0.294 e. The van der Waals surface area contributed by atoms with Crippen molar-refractivity contribution < 1.29 is 4.57 Å². The summed E-state index contributed by atoms with van der Waals surface area (Å²) < 4.78 is 4.45. The van der Waals surface area contributed by atoms with Crippen LogP contribution in [0.2, 0.25) is 0 Å². The molecule has 0 fully saturated rings. The standard InChI is InChI=1S/C27H23N2/c1-20-12-13-24(23-15-14-21-8-6-7-9-22(21)18-23)19-26(20)27-28(2)16-17-29(27)25-10-4-3-5-11-25/h3-19H,1-2H3/q+1. The van der Waals surface area contributed by atoms with Gasteiger partial charge in [0, 0.05) is 0 Å². The number of fused-ring (bicyclic) bond motifs is 1. The van der Waals surface area contributed by atoms with Crippen LogP contribution in [-0.4, -0.2) is 4.57 Å². The lowest BCUT2D eigenvalue weighted by atomic mass is 9.97. The fraction of sp³-hybridized carbons (Fsp3) is 0.0741. The van der Waals surface area contributed by atoms with Crippen LogP contribution in [0.3, 0.4) is 0 Å². The number of imidazole rings is 1. The summed E-state index contributed by atoms with van der Waals surface area (Å²) in [5, 5.41) is 2.54. The number of benzene rings is 4. The van der Waals surface area contributed by atoms with E-state index in [0.29, 0.717) is 0 Å². The fourth-order valence-corrected chi connectivity index (χ4v) is 4.01. The van der Waals surface area contributed by atoms with Gasteiger partial charge in [-0.3, -0.25) is 0 Å². The zero-order valence-electron chi connectivity index (χ0n) is 16.7. The minimum atomic E-state index is 1.17. The smallest absolute Gasteiger partial charge is 0.232 e. The molecule has 0 aliphatic heterocycles. The van der Waals surface area contributed by atoms with E-state index in [2.05, 4.69) is 126 Å². The zero-order chi connectivity index (χ0) is 19.8. The molecule has 0 saturated carbocycles. The molecule has 0 radical (unpaired) electrons. The van der Waals surface area contributed by atoms with Gasteiger partial charge in [0.2, 0.25) is 0 Å². The maximum Gasteiger partial charge on any atom is 0.294 e. The molecule has 2 heteroatoms. The van der Waals surface area contributed by atoms with E-state index in [9.17, 15) is 0 Å². The van der Waals surface area contributed by atoms with Crippen LogP contribution in [0.1, 0.15) is 5.56 Å². The Morgan fingerprint density at radius 1 is 0.690 bits per heavy atom. The lowest BCUT2D eigenvalue weighted by Crippen LogP contribution is -2.29. The van der Waals surface area contributed by atoms with Crippen molar-refractivity contribution in [3.63, 3.8) is 0 Å². The van der Waals surface area contributed by atoms with E-state index >= 15 is 0 Å². The Hall–Kier alpha value is -3.65. The van der Waals surface area contributed by atoms with Crippen LogP contribution < -0.4 is 4.57 Å². The third-order valence-corrected chi connectivity index (χ3v) is 5.60. The predicted octanol–water partition coefficient (Wildman–Crippen LogP) is 6.10. The Morgan fingerprint density at radius 2 is 1.38 bits per heavy atom. The minimum Gasteiger partial charge on any atom is -0.232 e. The number of aromatic nitrogens is 2. The lowest BCUT2D eigenvalue weighted by Gasteiger charge is -2.10. The average molecular weight is 375 g/mol. The van der Waals surface area contributed by atoms with Gasteiger partial charge in [0.15, 0.2) is 0 Å². The first-order valence-electron chi connectivity index (χ1n) is 9.93. The van der Waals surface area contributed by atoms with Crippen molar-refractivity contribution in [2.45, 2.75) is 6.92 Å². The number of para-hydroxylation sites is 1. The van der Waals surface area contributed by atoms with E-state index in [1.165, 1.54) is 44.5 Å². The summed E-state index contributed by atoms with van der Waals surface area (Å²) in [6, 6.07) is 32.5. The van der Waals surface area contributed by atoms with Crippen molar-refractivity contribution in [1.29, 1.82) is 0 Å². The first kappa shape index (κ1) is 17.4. The Kier molecular flexibility index (Phi) is 4.25. The number of hydrogen-bond acceptors (Lipinski definition) is 0. The Bertz CT molecular complexity index is 1310. The quantitative estimate of drug-likeness (QED) is 0.337. The highest BCUT2D eigenvalue weighted by atomic mass is 15.1. The molecule has 0 unspecified atom stereocenters. The molecule has 0 saturated heterocycles. The maximum absolute atomic E-state index is 2.31. The van der Waals surface area contributed by atoms with E-state index in [0.717, 1.165) is 0 Å². The molecule has 29 heavy (non-hydrogen) atoms. The van der Waals surface area contributed by atoms with Gasteiger partial charge in [-0.15, -0.1) is 0 Å². The molecule has 0 aliphatic rings. The first-order valence-corrected chi connectivity index (χ1v) is 9.93. The lowest BCUT2D eigenvalue weighted by molar-refractivity contribution is -0.659. The number of hydrogen-bond donors (Lipinski definition) is 0. The highest BCUT2D eigenvalue weighted by molar-refractivity contribution is 5.88. The molecule has 0 bridgehead atoms. The molecule has 0 amide bonds. The van der Waals surface area contributed by atoms with Gasteiger partial charge in [-0.2, -0.15) is 4.57 Å². The molecule has 0 N–H and O–H groups in total. The van der Waals surface area contributed by atoms with Gasteiger partial charge in [-0.05, 0) is 58.7 Å². The average Bonchev–Trinajstić information content (AvgIpc) is 3.15. The molecule has 0 aliphatic carbocycles. The molecule has 0 spiro atoms. The topological polar surface area (TPSA) is 8.81 Å². The molecule has 4 aromatic carbocycles. The second-order valence-corrected chi connectivity index (χ2v) is 7.53. The summed E-state index contributed by atoms with van der Waals surface area (Å²) in [6.07, 6.45) is 4.25. The van der Waals surface area contributed by atoms with Crippen LogP contribution in [-0.2, 0) is 7.05 Å². The van der Waals surface area contributed by atoms with Crippen LogP contribution in [0.25, 0.3) is 39.0 Å². The third kappa shape index (κ3) is 3.13. The summed E-state index contributed by atoms with van der Waals surface area (Å²) in [4.78, 5) is 0. The number of aryl methyl sites for hydroxylation is 2. The highest BCUT2D eigenvalue weighted by Crippen LogP contribution is 2.30. The first-order chi connectivity index (χ1) is 14.2. The number of rotatable bonds is 3. The van der Waals surface area contributed by atoms with Gasteiger partial charge < -0.3 is 0 Å². The van der Waals surface area contributed by atoms with Crippen LogP contribution in [0.5, 0.6) is 0 Å². The van der Waals surface area contributed by atoms with Gasteiger partial charge >= 0.3 is 0 Å². The predicted molar refractivity (Wildman–Crippen MR) is 120 cm³/mol. The van der Waals surface area contributed by atoms with Crippen LogP contribution in [0, 0.1) is 6.92 Å². The van der Waals surface area contributed by atoms with Crippen molar-refractivity contribution in [3.8, 4) is 28.2 Å². The maximum atomic E-state index is 2.31. The van der Waals surface area contributed by atoms with E-state index in [4.69, 9.17) is 0 Å². The minimum absolute atomic E-state index is 1.17. The molecule has 2 nitrogen and oxygen atoms in total. The zero-order valence-corrected chi connectivity index (χ0v) is 16.7. The number of nitrogens with zero attached hydrogens (tertiary/aromatic N) is 2. The van der Waals surface area contributed by atoms with Gasteiger partial charge in [-0.1, -0.05) is 66.7 Å². The van der Waals surface area contributed by atoms with Crippen LogP contribution >= 0.6 is 0 Å². The van der Waals surface area contributed by atoms with Crippen molar-refractivity contribution >= 4 is 10.8 Å². The van der Waals surface area contributed by atoms with Crippen LogP contribution in [0.4, 0.5) is 0 Å². The van der Waals surface area contributed by atoms with Crippen molar-refractivity contribution in [1.82, 2.24) is 4.57 Å². The van der Waals surface area contributed by atoms with E-state index in [1.807, 2.05) is 0 Å². The van der Waals surface area contributed by atoms with Gasteiger partial charge in [-0.25, -0.2) is 4.57 Å². The fourth-order valence-electron chi connectivity index (χ4n) is 4.01. The molecule has 1 aromatic heterocycles. The second kappa shape index (κ2) is 7.06. The molecular weight excluding hydrogens is 352 g/mol. The second-order valence-electron chi connectivity index (χ2n) is 7.53. The van der Waals surface area contributed by atoms with Crippen molar-refractivity contribution in [3.05, 3.63) is 109 Å². The van der Waals surface area contributed by atoms with E-state index in [1.54, 1.807) is 0 Å². The summed E-state index contributed by atoms with van der Waals surface area (Å²) in [7, 11) is 2.11. The Labute approximate surface area is 171 Å². The summed E-state index contributed by atoms with van der Waals surface area (Å²) >= 11 is 0. The van der Waals surface area contributed by atoms with E-state index in [-0.39, 0.29) is 0 Å². The molecular formula is C27H23N2+. The Balaban J connectivity index is 1.67. The Morgan fingerprint density at radius 3 is 2.21 bits per heavy atom. The third-order valence-electron chi connectivity index (χ3n) is 5.60. The van der Waals surface area contributed by atoms with Crippen LogP contribution in [0.15, 0.2) is 103 Å². The highest BCUT2D eigenvalue weighted by Gasteiger charge is 2.21. The summed E-state index contributed by atoms with van der Waals surface area (Å²) in [5.74, 6) is 1.18. The normalized spacial score (nSPS) is 11.1. The molecule has 0 atom stereocenters.